The highest BCUT2D eigenvalue weighted by Crippen LogP contribution is 2.19. The predicted octanol–water partition coefficient (Wildman–Crippen LogP) is 2.13. The summed E-state index contributed by atoms with van der Waals surface area (Å²) in [4.78, 5) is 3.98. The molecule has 0 aliphatic carbocycles. The van der Waals surface area contributed by atoms with Gasteiger partial charge in [-0.3, -0.25) is 0 Å². The van der Waals surface area contributed by atoms with E-state index in [9.17, 15) is 5.26 Å². The van der Waals surface area contributed by atoms with Gasteiger partial charge in [-0.15, -0.1) is 0 Å². The van der Waals surface area contributed by atoms with Gasteiger partial charge in [0.2, 0.25) is 0 Å². The Labute approximate surface area is 56.8 Å². The lowest BCUT2D eigenvalue weighted by Gasteiger charge is -2.20. The van der Waals surface area contributed by atoms with Crippen LogP contribution in [0.15, 0.2) is 0 Å². The fourth-order valence-corrected chi connectivity index (χ4v) is 0.881. The minimum absolute atomic E-state index is 0.529. The summed E-state index contributed by atoms with van der Waals surface area (Å²) >= 11 is 0. The summed E-state index contributed by atoms with van der Waals surface area (Å²) in [6, 6.07) is 0. The maximum Gasteiger partial charge on any atom is 0.102 e. The van der Waals surface area contributed by atoms with Crippen molar-refractivity contribution < 1.29 is 10.1 Å². The van der Waals surface area contributed by atoms with Crippen molar-refractivity contribution in [1.29, 1.82) is 0 Å². The summed E-state index contributed by atoms with van der Waals surface area (Å²) < 4.78 is 0. The Morgan fingerprint density at radius 3 is 2.00 bits per heavy atom. The van der Waals surface area contributed by atoms with E-state index in [1.54, 1.807) is 13.8 Å². The molecule has 0 rings (SSSR count). The maximum absolute atomic E-state index is 9.97. The Morgan fingerprint density at radius 2 is 1.89 bits per heavy atom. The maximum atomic E-state index is 9.97. The van der Waals surface area contributed by atoms with Crippen LogP contribution < -0.4 is 0 Å². The minimum atomic E-state index is -0.529. The zero-order valence-corrected chi connectivity index (χ0v) is 6.52. The van der Waals surface area contributed by atoms with E-state index in [0.29, 0.717) is 0 Å². The van der Waals surface area contributed by atoms with E-state index < -0.39 is 5.60 Å². The van der Waals surface area contributed by atoms with Crippen LogP contribution in [0.4, 0.5) is 0 Å². The van der Waals surface area contributed by atoms with Gasteiger partial charge in [-0.25, -0.2) is 0 Å². The summed E-state index contributed by atoms with van der Waals surface area (Å²) in [5, 5.41) is 9.97. The van der Waals surface area contributed by atoms with Crippen molar-refractivity contribution in [1.82, 2.24) is 0 Å². The largest absolute Gasteiger partial charge is 0.198 e. The van der Waals surface area contributed by atoms with Crippen LogP contribution in [-0.4, -0.2) is 5.60 Å². The van der Waals surface area contributed by atoms with Crippen LogP contribution in [0.5, 0.6) is 0 Å². The van der Waals surface area contributed by atoms with Gasteiger partial charge in [-0.2, -0.15) is 4.89 Å². The third kappa shape index (κ3) is 4.43. The normalized spacial score (nSPS) is 12.7. The van der Waals surface area contributed by atoms with Crippen LogP contribution >= 0.6 is 0 Å². The zero-order chi connectivity index (χ0) is 7.49. The molecule has 9 heavy (non-hydrogen) atoms. The number of hydrogen-bond donors (Lipinski definition) is 0. The first-order valence-corrected chi connectivity index (χ1v) is 3.08. The molecule has 0 fully saturated rings. The molecule has 0 aromatic heterocycles. The molecule has 2 heteroatoms. The molecule has 2 nitrogen and oxygen atoms in total. The van der Waals surface area contributed by atoms with Crippen molar-refractivity contribution in [2.45, 2.75) is 39.7 Å². The fraction of sp³-hybridized carbons (Fsp3) is 0.857. The lowest BCUT2D eigenvalue weighted by Crippen LogP contribution is -2.23. The fourth-order valence-electron chi connectivity index (χ4n) is 0.881. The first-order valence-electron chi connectivity index (χ1n) is 3.08. The molecule has 54 valence electrons. The van der Waals surface area contributed by atoms with Crippen molar-refractivity contribution >= 4 is 0 Å². The van der Waals surface area contributed by atoms with Gasteiger partial charge < -0.3 is 0 Å². The van der Waals surface area contributed by atoms with E-state index in [-0.39, 0.29) is 0 Å². The summed E-state index contributed by atoms with van der Waals surface area (Å²) in [6.07, 6.45) is 0.733. The van der Waals surface area contributed by atoms with E-state index in [2.05, 4.69) is 4.89 Å². The monoisotopic (exact) mass is 130 g/mol. The second-order valence-corrected chi connectivity index (χ2v) is 3.23. The van der Waals surface area contributed by atoms with Crippen molar-refractivity contribution in [3.63, 3.8) is 0 Å². The SMILES string of the molecule is C[C](C)CC(C)(C)O[O]. The van der Waals surface area contributed by atoms with E-state index in [0.717, 1.165) is 6.42 Å². The van der Waals surface area contributed by atoms with Gasteiger partial charge in [0.15, 0.2) is 0 Å². The quantitative estimate of drug-likeness (QED) is 0.425. The molecule has 2 radical (unpaired) electrons. The molecule has 0 spiro atoms. The molecule has 0 heterocycles. The molecular weight excluding hydrogens is 116 g/mol. The van der Waals surface area contributed by atoms with Crippen LogP contribution in [0.3, 0.4) is 0 Å². The Balaban J connectivity index is 3.58. The van der Waals surface area contributed by atoms with E-state index in [1.165, 1.54) is 5.92 Å². The van der Waals surface area contributed by atoms with Crippen LogP contribution in [0.25, 0.3) is 0 Å². The van der Waals surface area contributed by atoms with Gasteiger partial charge in [-0.05, 0) is 31.4 Å². The topological polar surface area (TPSA) is 29.1 Å². The summed E-state index contributed by atoms with van der Waals surface area (Å²) in [6.45, 7) is 7.54. The molecule has 0 aromatic rings. The van der Waals surface area contributed by atoms with Crippen LogP contribution in [-0.2, 0) is 10.1 Å². The minimum Gasteiger partial charge on any atom is -0.198 e. The average molecular weight is 130 g/mol. The molecule has 0 saturated heterocycles. The van der Waals surface area contributed by atoms with E-state index in [4.69, 9.17) is 0 Å². The summed E-state index contributed by atoms with van der Waals surface area (Å²) in [5.41, 5.74) is -0.529. The average Bonchev–Trinajstić information content (AvgIpc) is 1.63. The lowest BCUT2D eigenvalue weighted by molar-refractivity contribution is -0.365. The first-order chi connectivity index (χ1) is 3.98. The van der Waals surface area contributed by atoms with Gasteiger partial charge in [0.05, 0.1) is 0 Å². The highest BCUT2D eigenvalue weighted by Gasteiger charge is 2.20. The molecule has 0 aliphatic rings. The Kier molecular flexibility index (Phi) is 3.15. The molecular formula is C7H14O2. The lowest BCUT2D eigenvalue weighted by atomic mass is 9.97. The van der Waals surface area contributed by atoms with Crippen molar-refractivity contribution in [3.8, 4) is 0 Å². The van der Waals surface area contributed by atoms with Crippen molar-refractivity contribution in [2.24, 2.45) is 0 Å². The Bertz CT molecular complexity index is 77.0. The predicted molar refractivity (Wildman–Crippen MR) is 35.1 cm³/mol. The molecule has 0 aromatic carbocycles. The second-order valence-electron chi connectivity index (χ2n) is 3.23. The van der Waals surface area contributed by atoms with E-state index in [1.807, 2.05) is 13.8 Å². The first kappa shape index (κ1) is 8.92. The third-order valence-corrected chi connectivity index (χ3v) is 1.00. The number of rotatable bonds is 3. The third-order valence-electron chi connectivity index (χ3n) is 1.00. The summed E-state index contributed by atoms with van der Waals surface area (Å²) in [7, 11) is 0. The van der Waals surface area contributed by atoms with Crippen molar-refractivity contribution in [2.75, 3.05) is 0 Å². The highest BCUT2D eigenvalue weighted by atomic mass is 17.1. The molecule has 0 bridgehead atoms. The molecule has 0 aliphatic heterocycles. The van der Waals surface area contributed by atoms with E-state index >= 15 is 0 Å². The van der Waals surface area contributed by atoms with Gasteiger partial charge in [-0.1, -0.05) is 13.8 Å². The zero-order valence-electron chi connectivity index (χ0n) is 6.52. The Morgan fingerprint density at radius 1 is 1.44 bits per heavy atom. The molecule has 0 saturated carbocycles. The molecule has 0 amide bonds. The van der Waals surface area contributed by atoms with Crippen LogP contribution in [0.2, 0.25) is 0 Å². The van der Waals surface area contributed by atoms with Crippen molar-refractivity contribution in [3.05, 3.63) is 5.92 Å². The van der Waals surface area contributed by atoms with Gasteiger partial charge in [0.25, 0.3) is 0 Å². The molecule has 0 N–H and O–H groups in total. The van der Waals surface area contributed by atoms with Crippen LogP contribution in [0, 0.1) is 5.92 Å². The summed E-state index contributed by atoms with van der Waals surface area (Å²) in [5.74, 6) is 1.22. The highest BCUT2D eigenvalue weighted by molar-refractivity contribution is 4.85. The van der Waals surface area contributed by atoms with Crippen LogP contribution in [0.1, 0.15) is 34.1 Å². The number of hydrogen-bond acceptors (Lipinski definition) is 1. The molecule has 0 unspecified atom stereocenters. The second kappa shape index (κ2) is 3.18. The van der Waals surface area contributed by atoms with Gasteiger partial charge in [0, 0.05) is 0 Å². The Hall–Kier alpha value is -0.0800. The van der Waals surface area contributed by atoms with Gasteiger partial charge in [0.1, 0.15) is 5.60 Å². The smallest absolute Gasteiger partial charge is 0.102 e. The molecule has 0 atom stereocenters. The standard InChI is InChI=1S/C7H14O2/c1-6(2)5-7(3,4)9-8/h5H2,1-4H3. The van der Waals surface area contributed by atoms with Gasteiger partial charge >= 0.3 is 0 Å².